The lowest BCUT2D eigenvalue weighted by Gasteiger charge is -2.10. The highest BCUT2D eigenvalue weighted by Crippen LogP contribution is 2.22. The largest absolute Gasteiger partial charge is 0.467 e. The van der Waals surface area contributed by atoms with Gasteiger partial charge in [-0.2, -0.15) is 0 Å². The highest BCUT2D eigenvalue weighted by molar-refractivity contribution is 7.14. The molecule has 18 heavy (non-hydrogen) atoms. The fraction of sp³-hybridized carbons (Fsp3) is 0.538. The van der Waals surface area contributed by atoms with Gasteiger partial charge >= 0.3 is 5.97 Å². The normalized spacial score (nSPS) is 12.0. The van der Waals surface area contributed by atoms with Crippen molar-refractivity contribution in [1.29, 1.82) is 0 Å². The Morgan fingerprint density at radius 1 is 1.50 bits per heavy atom. The second-order valence-electron chi connectivity index (χ2n) is 4.16. The Morgan fingerprint density at radius 2 is 2.17 bits per heavy atom. The number of aryl methyl sites for hydroxylation is 2. The molecule has 0 saturated heterocycles. The molecular formula is C13H19NO3S. The minimum Gasteiger partial charge on any atom is -0.467 e. The summed E-state index contributed by atoms with van der Waals surface area (Å²) < 4.78 is 4.57. The zero-order chi connectivity index (χ0) is 13.7. The molecule has 1 N–H and O–H groups in total. The van der Waals surface area contributed by atoms with E-state index in [2.05, 4.69) is 17.0 Å². The maximum atomic E-state index is 11.9. The third-order valence-corrected chi connectivity index (χ3v) is 3.76. The number of hydrogen-bond acceptors (Lipinski definition) is 4. The first kappa shape index (κ1) is 14.7. The highest BCUT2D eigenvalue weighted by atomic mass is 32.1. The quantitative estimate of drug-likeness (QED) is 0.834. The van der Waals surface area contributed by atoms with Gasteiger partial charge in [-0.25, -0.2) is 4.79 Å². The van der Waals surface area contributed by atoms with Crippen LogP contribution in [0.5, 0.6) is 0 Å². The number of carbonyl (C=O) groups is 2. The fourth-order valence-corrected chi connectivity index (χ4v) is 2.63. The van der Waals surface area contributed by atoms with E-state index in [0.717, 1.165) is 17.7 Å². The molecule has 1 amide bonds. The van der Waals surface area contributed by atoms with Crippen LogP contribution in [0.4, 0.5) is 0 Å². The number of hydrogen-bond donors (Lipinski definition) is 1. The molecule has 100 valence electrons. The lowest BCUT2D eigenvalue weighted by Crippen LogP contribution is -2.38. The molecule has 1 atom stereocenters. The van der Waals surface area contributed by atoms with Gasteiger partial charge in [-0.1, -0.05) is 13.3 Å². The number of amides is 1. The monoisotopic (exact) mass is 269 g/mol. The molecule has 1 rings (SSSR count). The first-order chi connectivity index (χ1) is 8.49. The van der Waals surface area contributed by atoms with Crippen LogP contribution >= 0.6 is 11.3 Å². The van der Waals surface area contributed by atoms with E-state index in [1.165, 1.54) is 24.0 Å². The third-order valence-electron chi connectivity index (χ3n) is 2.67. The van der Waals surface area contributed by atoms with Gasteiger partial charge in [-0.05, 0) is 31.9 Å². The maximum Gasteiger partial charge on any atom is 0.328 e. The van der Waals surface area contributed by atoms with Crippen molar-refractivity contribution in [1.82, 2.24) is 5.32 Å². The average Bonchev–Trinajstić information content (AvgIpc) is 2.70. The van der Waals surface area contributed by atoms with Crippen LogP contribution in [0.1, 0.15) is 40.4 Å². The number of rotatable bonds is 5. The van der Waals surface area contributed by atoms with E-state index < -0.39 is 12.0 Å². The number of thiophene rings is 1. The van der Waals surface area contributed by atoms with E-state index in [1.54, 1.807) is 6.92 Å². The van der Waals surface area contributed by atoms with Crippen molar-refractivity contribution in [3.8, 4) is 0 Å². The molecule has 5 heteroatoms. The molecule has 0 radical (unpaired) electrons. The summed E-state index contributed by atoms with van der Waals surface area (Å²) >= 11 is 1.46. The van der Waals surface area contributed by atoms with Gasteiger partial charge in [-0.15, -0.1) is 11.3 Å². The first-order valence-corrected chi connectivity index (χ1v) is 6.79. The summed E-state index contributed by atoms with van der Waals surface area (Å²) in [6, 6.07) is 1.28. The minimum atomic E-state index is -0.625. The number of carbonyl (C=O) groups excluding carboxylic acids is 2. The SMILES string of the molecule is CCCc1cc(C(=O)NC(C)C(=O)OC)sc1C. The van der Waals surface area contributed by atoms with E-state index in [4.69, 9.17) is 0 Å². The van der Waals surface area contributed by atoms with E-state index >= 15 is 0 Å². The van der Waals surface area contributed by atoms with E-state index in [-0.39, 0.29) is 5.91 Å². The highest BCUT2D eigenvalue weighted by Gasteiger charge is 2.18. The Hall–Kier alpha value is -1.36. The van der Waals surface area contributed by atoms with Crippen LogP contribution < -0.4 is 5.32 Å². The summed E-state index contributed by atoms with van der Waals surface area (Å²) in [6.45, 7) is 5.73. The second kappa shape index (κ2) is 6.54. The summed E-state index contributed by atoms with van der Waals surface area (Å²) in [5, 5.41) is 2.63. The molecule has 0 aliphatic rings. The number of nitrogens with one attached hydrogen (secondary N) is 1. The van der Waals surface area contributed by atoms with Crippen molar-refractivity contribution in [3.63, 3.8) is 0 Å². The van der Waals surface area contributed by atoms with E-state index in [0.29, 0.717) is 4.88 Å². The molecule has 0 aliphatic carbocycles. The predicted octanol–water partition coefficient (Wildman–Crippen LogP) is 2.30. The third kappa shape index (κ3) is 3.57. The van der Waals surface area contributed by atoms with Crippen molar-refractivity contribution in [2.75, 3.05) is 7.11 Å². The topological polar surface area (TPSA) is 55.4 Å². The van der Waals surface area contributed by atoms with Crippen molar-refractivity contribution in [2.24, 2.45) is 0 Å². The molecule has 0 aromatic carbocycles. The van der Waals surface area contributed by atoms with Crippen LogP contribution in [0.25, 0.3) is 0 Å². The average molecular weight is 269 g/mol. The van der Waals surface area contributed by atoms with Crippen molar-refractivity contribution in [3.05, 3.63) is 21.4 Å². The van der Waals surface area contributed by atoms with Gasteiger partial charge in [0, 0.05) is 4.88 Å². The Morgan fingerprint density at radius 3 is 2.72 bits per heavy atom. The molecule has 0 aliphatic heterocycles. The van der Waals surface area contributed by atoms with Gasteiger partial charge in [0.2, 0.25) is 0 Å². The summed E-state index contributed by atoms with van der Waals surface area (Å²) in [7, 11) is 1.31. The summed E-state index contributed by atoms with van der Waals surface area (Å²) in [5.41, 5.74) is 1.21. The number of esters is 1. The first-order valence-electron chi connectivity index (χ1n) is 5.97. The van der Waals surface area contributed by atoms with Gasteiger partial charge in [0.25, 0.3) is 5.91 Å². The molecule has 4 nitrogen and oxygen atoms in total. The van der Waals surface area contributed by atoms with Crippen LogP contribution in [0.15, 0.2) is 6.07 Å². The fourth-order valence-electron chi connectivity index (χ4n) is 1.65. The van der Waals surface area contributed by atoms with E-state index in [1.807, 2.05) is 13.0 Å². The zero-order valence-electron chi connectivity index (χ0n) is 11.2. The Bertz CT molecular complexity index is 439. The van der Waals surface area contributed by atoms with Crippen LogP contribution in [0, 0.1) is 6.92 Å². The lowest BCUT2D eigenvalue weighted by molar-refractivity contribution is -0.142. The molecular weight excluding hydrogens is 250 g/mol. The van der Waals surface area contributed by atoms with Crippen LogP contribution in [0.2, 0.25) is 0 Å². The van der Waals surface area contributed by atoms with Gasteiger partial charge in [0.15, 0.2) is 0 Å². The summed E-state index contributed by atoms with van der Waals surface area (Å²) in [5.74, 6) is -0.659. The molecule has 0 fully saturated rings. The number of methoxy groups -OCH3 is 1. The molecule has 1 aromatic heterocycles. The molecule has 1 unspecified atom stereocenters. The minimum absolute atomic E-state index is 0.219. The van der Waals surface area contributed by atoms with Gasteiger partial charge in [-0.3, -0.25) is 4.79 Å². The van der Waals surface area contributed by atoms with Gasteiger partial charge in [0.05, 0.1) is 12.0 Å². The van der Waals surface area contributed by atoms with Crippen molar-refractivity contribution >= 4 is 23.2 Å². The van der Waals surface area contributed by atoms with Crippen LogP contribution in [-0.4, -0.2) is 25.0 Å². The Labute approximate surface area is 111 Å². The molecule has 0 saturated carbocycles. The maximum absolute atomic E-state index is 11.9. The molecule has 0 bridgehead atoms. The van der Waals surface area contributed by atoms with E-state index in [9.17, 15) is 9.59 Å². The van der Waals surface area contributed by atoms with Crippen molar-refractivity contribution in [2.45, 2.75) is 39.7 Å². The molecule has 1 heterocycles. The lowest BCUT2D eigenvalue weighted by atomic mass is 10.1. The summed E-state index contributed by atoms with van der Waals surface area (Å²) in [4.78, 5) is 25.0. The smallest absolute Gasteiger partial charge is 0.328 e. The van der Waals surface area contributed by atoms with Gasteiger partial charge < -0.3 is 10.1 Å². The zero-order valence-corrected chi connectivity index (χ0v) is 12.0. The van der Waals surface area contributed by atoms with Crippen LogP contribution in [-0.2, 0) is 16.0 Å². The second-order valence-corrected chi connectivity index (χ2v) is 5.42. The standard InChI is InChI=1S/C13H19NO3S/c1-5-6-10-7-11(18-9(10)3)12(15)14-8(2)13(16)17-4/h7-8H,5-6H2,1-4H3,(H,14,15). The predicted molar refractivity (Wildman–Crippen MR) is 72.0 cm³/mol. The molecule has 1 aromatic rings. The van der Waals surface area contributed by atoms with Gasteiger partial charge in [0.1, 0.15) is 6.04 Å². The summed E-state index contributed by atoms with van der Waals surface area (Å²) in [6.07, 6.45) is 2.03. The Kier molecular flexibility index (Phi) is 5.34. The Balaban J connectivity index is 2.72. The van der Waals surface area contributed by atoms with Crippen molar-refractivity contribution < 1.29 is 14.3 Å². The molecule has 0 spiro atoms. The number of ether oxygens (including phenoxy) is 1. The van der Waals surface area contributed by atoms with Crippen LogP contribution in [0.3, 0.4) is 0 Å².